The number of halogens is 1. The Morgan fingerprint density at radius 3 is 1.27 bits per heavy atom. The molecule has 7 heterocycles. The summed E-state index contributed by atoms with van der Waals surface area (Å²) in [5.41, 5.74) is 14.3. The van der Waals surface area contributed by atoms with E-state index in [0.29, 0.717) is 61.7 Å². The number of nitrogens with zero attached hydrogens (tertiary/aromatic N) is 8. The molecule has 1 aliphatic rings. The minimum atomic E-state index is -0.418. The van der Waals surface area contributed by atoms with Gasteiger partial charge in [-0.15, -0.1) is 0 Å². The topological polar surface area (TPSA) is 169 Å². The van der Waals surface area contributed by atoms with Gasteiger partial charge < -0.3 is 28.4 Å². The van der Waals surface area contributed by atoms with Crippen LogP contribution in [0.1, 0.15) is 133 Å². The SMILES string of the molecule is CC(C)(C)c1cc(-c2nc(-c3cccc(N(c4ccccn4)c4cccc5ccccc45)c3)nc3c2oc2ccccc23)c(O)c(C(C)(C)C)c1.CC(C)(C)c1cc(-c2nc(Cl)nc3c2oc2ccccc23)c(O)c(C(C)(C)C)c1.CC1(C)OB(c2cccc(N(c3ccccn3)c3cccc4ccccc34)c2)OC1(C)C. The van der Waals surface area contributed by atoms with E-state index in [2.05, 4.69) is 275 Å². The number of fused-ring (bicyclic) bond motifs is 8. The molecule has 14 nitrogen and oxygen atoms in total. The average Bonchev–Trinajstić information content (AvgIpc) is 1.48. The van der Waals surface area contributed by atoms with Gasteiger partial charge in [0.2, 0.25) is 5.28 Å². The summed E-state index contributed by atoms with van der Waals surface area (Å²) in [6.07, 6.45) is 3.64. The number of aromatic hydroxyl groups is 2. The van der Waals surface area contributed by atoms with Crippen LogP contribution in [0.3, 0.4) is 0 Å². The average molecular weight is 1500 g/mol. The smallest absolute Gasteiger partial charge is 0.494 e. The van der Waals surface area contributed by atoms with Gasteiger partial charge in [0.25, 0.3) is 0 Å². The molecule has 6 aromatic heterocycles. The molecule has 16 aromatic rings. The fraction of sp³-hybridized carbons (Fsp3) is 0.229. The number of anilines is 6. The van der Waals surface area contributed by atoms with Gasteiger partial charge in [0.15, 0.2) is 17.0 Å². The molecular formula is C96H92BClN8O6. The van der Waals surface area contributed by atoms with Crippen molar-refractivity contribution in [2.45, 2.75) is 144 Å². The van der Waals surface area contributed by atoms with Crippen LogP contribution < -0.4 is 15.3 Å². The van der Waals surface area contributed by atoms with Crippen molar-refractivity contribution in [3.63, 3.8) is 0 Å². The van der Waals surface area contributed by atoms with Gasteiger partial charge >= 0.3 is 7.12 Å². The second kappa shape index (κ2) is 29.2. The predicted molar refractivity (Wildman–Crippen MR) is 460 cm³/mol. The third-order valence-corrected chi connectivity index (χ3v) is 21.4. The van der Waals surface area contributed by atoms with Gasteiger partial charge in [-0.25, -0.2) is 29.9 Å². The van der Waals surface area contributed by atoms with E-state index >= 15 is 0 Å². The molecule has 0 bridgehead atoms. The second-order valence-electron chi connectivity index (χ2n) is 33.9. The molecule has 0 aliphatic carbocycles. The van der Waals surface area contributed by atoms with Crippen LogP contribution in [0.5, 0.6) is 11.5 Å². The molecule has 0 spiro atoms. The summed E-state index contributed by atoms with van der Waals surface area (Å²) in [6.45, 7) is 33.9. The molecule has 1 saturated heterocycles. The van der Waals surface area contributed by atoms with Crippen LogP contribution in [0, 0.1) is 0 Å². The summed E-state index contributed by atoms with van der Waals surface area (Å²) >= 11 is 6.30. The predicted octanol–water partition coefficient (Wildman–Crippen LogP) is 25.0. The minimum Gasteiger partial charge on any atom is -0.507 e. The van der Waals surface area contributed by atoms with E-state index < -0.39 is 7.12 Å². The standard InChI is InChI=1S/C45H40N4O2.C27H27BN2O2.C24H25ClN2O2/c1-44(2,3)30-26-34(41(50)35(27-30)45(4,5)6)40-42-39(33-20-9-10-22-37(33)51-42)47-43(48-40)29-17-13-18-31(25-29)49(38-23-11-12-24-46-38)36-21-14-16-28-15-7-8-19-32(28)36;1-26(2)27(3,4)32-28(31-26)21-13-10-14-22(19-21)30(25-17-7-8-18-29-25)24-16-9-12-20-11-5-6-15-23(20)24;1-23(2,3)13-11-15(20(28)16(12-13)24(4,5)6)19-21-18(26-22(25)27-19)14-9-7-8-10-17(14)29-21/h7-27,50H,1-6H3;5-19H,1-4H3;7-12,28H,1-6H3. The van der Waals surface area contributed by atoms with Gasteiger partial charge in [-0.2, -0.15) is 0 Å². The normalized spacial score (nSPS) is 13.7. The second-order valence-corrected chi connectivity index (χ2v) is 34.2. The monoisotopic (exact) mass is 1500 g/mol. The maximum absolute atomic E-state index is 12.0. The van der Waals surface area contributed by atoms with Crippen molar-refractivity contribution < 1.29 is 28.4 Å². The highest BCUT2D eigenvalue weighted by Gasteiger charge is 2.52. The molecule has 562 valence electrons. The highest BCUT2D eigenvalue weighted by atomic mass is 35.5. The van der Waals surface area contributed by atoms with Crippen molar-refractivity contribution in [2.75, 3.05) is 9.80 Å². The summed E-state index contributed by atoms with van der Waals surface area (Å²) in [4.78, 5) is 33.1. The zero-order valence-electron chi connectivity index (χ0n) is 66.3. The summed E-state index contributed by atoms with van der Waals surface area (Å²) < 4.78 is 25.2. The lowest BCUT2D eigenvalue weighted by atomic mass is 9.78. The van der Waals surface area contributed by atoms with E-state index in [-0.39, 0.29) is 49.6 Å². The van der Waals surface area contributed by atoms with Gasteiger partial charge in [0.1, 0.15) is 56.7 Å². The Morgan fingerprint density at radius 1 is 0.393 bits per heavy atom. The van der Waals surface area contributed by atoms with E-state index in [9.17, 15) is 10.2 Å². The largest absolute Gasteiger partial charge is 0.507 e. The van der Waals surface area contributed by atoms with Crippen molar-refractivity contribution in [1.29, 1.82) is 0 Å². The zero-order valence-corrected chi connectivity index (χ0v) is 67.1. The van der Waals surface area contributed by atoms with E-state index in [4.69, 9.17) is 44.7 Å². The molecule has 2 N–H and O–H groups in total. The molecule has 10 aromatic carbocycles. The Hall–Kier alpha value is -11.7. The van der Waals surface area contributed by atoms with Gasteiger partial charge in [-0.3, -0.25) is 9.80 Å². The van der Waals surface area contributed by atoms with Gasteiger partial charge in [-0.05, 0) is 185 Å². The molecule has 0 amide bonds. The number of hydrogen-bond donors (Lipinski definition) is 2. The minimum absolute atomic E-state index is 0.105. The Labute approximate surface area is 660 Å². The Kier molecular flexibility index (Phi) is 19.7. The van der Waals surface area contributed by atoms with Crippen molar-refractivity contribution in [3.8, 4) is 45.4 Å². The van der Waals surface area contributed by atoms with Crippen LogP contribution in [0.4, 0.5) is 34.4 Å². The number of benzene rings is 10. The summed E-state index contributed by atoms with van der Waals surface area (Å²) in [5.74, 6) is 2.58. The van der Waals surface area contributed by atoms with Gasteiger partial charge in [0, 0.05) is 73.1 Å². The molecule has 17 rings (SSSR count). The van der Waals surface area contributed by atoms with Gasteiger partial charge in [-0.1, -0.05) is 229 Å². The number of pyridine rings is 2. The van der Waals surface area contributed by atoms with E-state index in [1.807, 2.05) is 116 Å². The fourth-order valence-corrected chi connectivity index (χ4v) is 14.6. The molecule has 16 heteroatoms. The lowest BCUT2D eigenvalue weighted by molar-refractivity contribution is 0.00578. The number of rotatable bonds is 10. The quantitative estimate of drug-likeness (QED) is 0.0980. The number of furan rings is 2. The Bertz CT molecular complexity index is 6210. The maximum atomic E-state index is 12.0. The number of aromatic nitrogens is 6. The van der Waals surface area contributed by atoms with Crippen LogP contribution in [0.25, 0.3) is 99.6 Å². The number of phenols is 2. The van der Waals surface area contributed by atoms with Crippen LogP contribution in [0.2, 0.25) is 5.28 Å². The Balaban J connectivity index is 0.000000141. The number of para-hydroxylation sites is 2. The lowest BCUT2D eigenvalue weighted by Crippen LogP contribution is -2.41. The molecule has 0 saturated carbocycles. The van der Waals surface area contributed by atoms with Crippen LogP contribution in [0.15, 0.2) is 264 Å². The van der Waals surface area contributed by atoms with E-state index in [1.54, 1.807) is 0 Å². The third kappa shape index (κ3) is 14.7. The molecule has 0 unspecified atom stereocenters. The highest BCUT2D eigenvalue weighted by Crippen LogP contribution is 2.49. The van der Waals surface area contributed by atoms with Crippen molar-refractivity contribution in [1.82, 2.24) is 29.9 Å². The molecule has 1 fully saturated rings. The van der Waals surface area contributed by atoms with Crippen molar-refractivity contribution in [2.24, 2.45) is 0 Å². The summed E-state index contributed by atoms with van der Waals surface area (Å²) in [6, 6.07) is 81.9. The lowest BCUT2D eigenvalue weighted by Gasteiger charge is -2.32. The molecule has 0 atom stereocenters. The van der Waals surface area contributed by atoms with Crippen LogP contribution in [-0.2, 0) is 31.0 Å². The number of phenolic OH excluding ortho intramolecular Hbond substituents is 2. The maximum Gasteiger partial charge on any atom is 0.494 e. The molecule has 112 heavy (non-hydrogen) atoms. The Morgan fingerprint density at radius 2 is 0.804 bits per heavy atom. The number of hydrogen-bond acceptors (Lipinski definition) is 14. The molecule has 1 aliphatic heterocycles. The third-order valence-electron chi connectivity index (χ3n) is 21.3. The first-order chi connectivity index (χ1) is 53.3. The van der Waals surface area contributed by atoms with Crippen LogP contribution in [-0.4, -0.2) is 58.4 Å². The molecular weight excluding hydrogens is 1410 g/mol. The van der Waals surface area contributed by atoms with Crippen LogP contribution >= 0.6 is 11.6 Å². The van der Waals surface area contributed by atoms with Gasteiger partial charge in [0.05, 0.1) is 22.6 Å². The van der Waals surface area contributed by atoms with Crippen molar-refractivity contribution >= 4 is 124 Å². The highest BCUT2D eigenvalue weighted by molar-refractivity contribution is 6.62. The van der Waals surface area contributed by atoms with E-state index in [1.165, 1.54) is 10.8 Å². The summed E-state index contributed by atoms with van der Waals surface area (Å²) in [5, 5.41) is 29.8. The first kappa shape index (κ1) is 75.7. The van der Waals surface area contributed by atoms with E-state index in [0.717, 1.165) is 89.2 Å². The summed E-state index contributed by atoms with van der Waals surface area (Å²) in [7, 11) is -0.418. The first-order valence-corrected chi connectivity index (χ1v) is 38.4. The zero-order chi connectivity index (χ0) is 79.0. The van der Waals surface area contributed by atoms with Crippen molar-refractivity contribution in [3.05, 3.63) is 283 Å². The fourth-order valence-electron chi connectivity index (χ4n) is 14.4. The molecule has 0 radical (unpaired) electrons. The first-order valence-electron chi connectivity index (χ1n) is 38.0.